The van der Waals surface area contributed by atoms with E-state index in [1.807, 2.05) is 62.4 Å². The van der Waals surface area contributed by atoms with Crippen LogP contribution in [0.1, 0.15) is 30.7 Å². The SMILES string of the molecule is CCC(C(=O)Nc1ccccc1C)n1nc(-c2cccc(OC)c2)c2c(C)onc2c1=O. The van der Waals surface area contributed by atoms with Crippen molar-refractivity contribution in [2.45, 2.75) is 33.2 Å². The van der Waals surface area contributed by atoms with Crippen LogP contribution in [0.25, 0.3) is 22.2 Å². The smallest absolute Gasteiger partial charge is 0.297 e. The summed E-state index contributed by atoms with van der Waals surface area (Å²) in [5.74, 6) is 0.799. The second kappa shape index (κ2) is 8.66. The summed E-state index contributed by atoms with van der Waals surface area (Å²) in [5, 5.41) is 12.0. The van der Waals surface area contributed by atoms with Gasteiger partial charge in [0, 0.05) is 11.3 Å². The molecule has 2 aromatic heterocycles. The van der Waals surface area contributed by atoms with Gasteiger partial charge in [-0.15, -0.1) is 0 Å². The molecule has 0 radical (unpaired) electrons. The second-order valence-corrected chi connectivity index (χ2v) is 7.52. The highest BCUT2D eigenvalue weighted by Gasteiger charge is 2.26. The summed E-state index contributed by atoms with van der Waals surface area (Å²) in [6, 6.07) is 14.0. The normalized spacial score (nSPS) is 12.0. The number of rotatable bonds is 6. The van der Waals surface area contributed by atoms with E-state index in [0.29, 0.717) is 34.7 Å². The largest absolute Gasteiger partial charge is 0.497 e. The molecule has 2 heterocycles. The van der Waals surface area contributed by atoms with Crippen LogP contribution in [0.5, 0.6) is 5.75 Å². The minimum absolute atomic E-state index is 0.137. The number of hydrogen-bond acceptors (Lipinski definition) is 6. The van der Waals surface area contributed by atoms with E-state index in [0.717, 1.165) is 11.1 Å². The summed E-state index contributed by atoms with van der Waals surface area (Å²) in [6.45, 7) is 5.47. The maximum absolute atomic E-state index is 13.2. The number of aromatic nitrogens is 3. The van der Waals surface area contributed by atoms with Crippen molar-refractivity contribution >= 4 is 22.5 Å². The molecule has 0 saturated heterocycles. The maximum atomic E-state index is 13.2. The van der Waals surface area contributed by atoms with Crippen LogP contribution in [0, 0.1) is 13.8 Å². The van der Waals surface area contributed by atoms with E-state index < -0.39 is 11.6 Å². The van der Waals surface area contributed by atoms with Gasteiger partial charge in [0.25, 0.3) is 5.56 Å². The van der Waals surface area contributed by atoms with Crippen molar-refractivity contribution in [2.75, 3.05) is 12.4 Å². The number of para-hydroxylation sites is 1. The van der Waals surface area contributed by atoms with Crippen LogP contribution in [0.3, 0.4) is 0 Å². The lowest BCUT2D eigenvalue weighted by Crippen LogP contribution is -2.35. The van der Waals surface area contributed by atoms with Gasteiger partial charge in [-0.05, 0) is 44.0 Å². The van der Waals surface area contributed by atoms with Gasteiger partial charge in [-0.2, -0.15) is 5.10 Å². The molecule has 2 aromatic carbocycles. The molecule has 1 atom stereocenters. The number of hydrogen-bond donors (Lipinski definition) is 1. The van der Waals surface area contributed by atoms with Crippen molar-refractivity contribution in [1.29, 1.82) is 0 Å². The molecule has 0 fully saturated rings. The molecule has 8 nitrogen and oxygen atoms in total. The molecule has 0 saturated carbocycles. The van der Waals surface area contributed by atoms with Crippen molar-refractivity contribution in [3.8, 4) is 17.0 Å². The predicted molar refractivity (Wildman–Crippen MR) is 122 cm³/mol. The van der Waals surface area contributed by atoms with E-state index in [4.69, 9.17) is 9.26 Å². The second-order valence-electron chi connectivity index (χ2n) is 7.52. The van der Waals surface area contributed by atoms with Crippen LogP contribution in [0.15, 0.2) is 57.8 Å². The number of aryl methyl sites for hydroxylation is 2. The molecule has 0 bridgehead atoms. The molecule has 0 aliphatic carbocycles. The first-order valence-electron chi connectivity index (χ1n) is 10.3. The molecule has 0 spiro atoms. The van der Waals surface area contributed by atoms with E-state index in [9.17, 15) is 9.59 Å². The number of ether oxygens (including phenoxy) is 1. The number of amides is 1. The van der Waals surface area contributed by atoms with Crippen molar-refractivity contribution in [3.63, 3.8) is 0 Å². The Morgan fingerprint density at radius 1 is 1.19 bits per heavy atom. The van der Waals surface area contributed by atoms with Crippen LogP contribution in [0.4, 0.5) is 5.69 Å². The Hall–Kier alpha value is -3.94. The van der Waals surface area contributed by atoms with E-state index in [-0.39, 0.29) is 11.4 Å². The molecule has 1 amide bonds. The molecular formula is C24H24N4O4. The summed E-state index contributed by atoms with van der Waals surface area (Å²) in [7, 11) is 1.58. The number of nitrogens with zero attached hydrogens (tertiary/aromatic N) is 3. The standard InChI is InChI=1S/C24H24N4O4/c1-5-19(23(29)25-18-12-7-6-9-14(18)2)28-24(30)22-20(15(3)32-27-22)21(26-28)16-10-8-11-17(13-16)31-4/h6-13,19H,5H2,1-4H3,(H,25,29). The average molecular weight is 432 g/mol. The summed E-state index contributed by atoms with van der Waals surface area (Å²) < 4.78 is 11.9. The van der Waals surface area contributed by atoms with Crippen LogP contribution < -0.4 is 15.6 Å². The Labute approximate surface area is 184 Å². The summed E-state index contributed by atoms with van der Waals surface area (Å²) in [4.78, 5) is 26.4. The lowest BCUT2D eigenvalue weighted by molar-refractivity contribution is -0.119. The first kappa shape index (κ1) is 21.3. The Balaban J connectivity index is 1.86. The van der Waals surface area contributed by atoms with E-state index in [1.165, 1.54) is 4.68 Å². The van der Waals surface area contributed by atoms with Gasteiger partial charge in [0.15, 0.2) is 5.52 Å². The topological polar surface area (TPSA) is 99.2 Å². The molecule has 8 heteroatoms. The van der Waals surface area contributed by atoms with Gasteiger partial charge >= 0.3 is 0 Å². The first-order chi connectivity index (χ1) is 15.4. The zero-order valence-corrected chi connectivity index (χ0v) is 18.4. The van der Waals surface area contributed by atoms with Crippen LogP contribution >= 0.6 is 0 Å². The molecule has 1 N–H and O–H groups in total. The van der Waals surface area contributed by atoms with Gasteiger partial charge in [-0.25, -0.2) is 4.68 Å². The Morgan fingerprint density at radius 2 is 1.97 bits per heavy atom. The Bertz CT molecular complexity index is 1360. The highest BCUT2D eigenvalue weighted by atomic mass is 16.5. The van der Waals surface area contributed by atoms with Crippen molar-refractivity contribution in [3.05, 3.63) is 70.2 Å². The monoisotopic (exact) mass is 432 g/mol. The van der Waals surface area contributed by atoms with Gasteiger partial charge in [0.05, 0.1) is 12.5 Å². The number of carbonyl (C=O) groups excluding carboxylic acids is 1. The number of anilines is 1. The number of benzene rings is 2. The van der Waals surface area contributed by atoms with E-state index >= 15 is 0 Å². The Morgan fingerprint density at radius 3 is 2.69 bits per heavy atom. The highest BCUT2D eigenvalue weighted by Crippen LogP contribution is 2.30. The summed E-state index contributed by atoms with van der Waals surface area (Å²) >= 11 is 0. The molecule has 32 heavy (non-hydrogen) atoms. The van der Waals surface area contributed by atoms with Crippen molar-refractivity contribution < 1.29 is 14.1 Å². The minimum atomic E-state index is -0.826. The minimum Gasteiger partial charge on any atom is -0.497 e. The predicted octanol–water partition coefficient (Wildman–Crippen LogP) is 4.27. The number of carbonyl (C=O) groups is 1. The summed E-state index contributed by atoms with van der Waals surface area (Å²) in [6.07, 6.45) is 0.366. The fourth-order valence-corrected chi connectivity index (χ4v) is 3.69. The van der Waals surface area contributed by atoms with Gasteiger partial charge in [0.2, 0.25) is 5.91 Å². The summed E-state index contributed by atoms with van der Waals surface area (Å²) in [5.41, 5.74) is 2.50. The van der Waals surface area contributed by atoms with Crippen molar-refractivity contribution in [1.82, 2.24) is 14.9 Å². The molecule has 4 rings (SSSR count). The van der Waals surface area contributed by atoms with Crippen LogP contribution in [0.2, 0.25) is 0 Å². The van der Waals surface area contributed by atoms with E-state index in [1.54, 1.807) is 14.0 Å². The number of nitrogens with one attached hydrogen (secondary N) is 1. The van der Waals surface area contributed by atoms with Gasteiger partial charge in [0.1, 0.15) is 23.2 Å². The number of fused-ring (bicyclic) bond motifs is 1. The average Bonchev–Trinajstić information content (AvgIpc) is 3.19. The lowest BCUT2D eigenvalue weighted by Gasteiger charge is -2.18. The van der Waals surface area contributed by atoms with Crippen molar-refractivity contribution in [2.24, 2.45) is 0 Å². The third kappa shape index (κ3) is 3.75. The highest BCUT2D eigenvalue weighted by molar-refractivity contribution is 5.96. The zero-order chi connectivity index (χ0) is 22.8. The van der Waals surface area contributed by atoms with Gasteiger partial charge in [-0.3, -0.25) is 9.59 Å². The Kier molecular flexibility index (Phi) is 5.77. The molecule has 0 aliphatic heterocycles. The number of methoxy groups -OCH3 is 1. The zero-order valence-electron chi connectivity index (χ0n) is 18.4. The molecular weight excluding hydrogens is 408 g/mol. The third-order valence-corrected chi connectivity index (χ3v) is 5.45. The van der Waals surface area contributed by atoms with Crippen LogP contribution in [-0.4, -0.2) is 28.0 Å². The van der Waals surface area contributed by atoms with Crippen LogP contribution in [-0.2, 0) is 4.79 Å². The van der Waals surface area contributed by atoms with Gasteiger partial charge < -0.3 is 14.6 Å². The molecule has 4 aromatic rings. The molecule has 1 unspecified atom stereocenters. The fourth-order valence-electron chi connectivity index (χ4n) is 3.69. The first-order valence-corrected chi connectivity index (χ1v) is 10.3. The molecule has 164 valence electrons. The third-order valence-electron chi connectivity index (χ3n) is 5.45. The van der Waals surface area contributed by atoms with Gasteiger partial charge in [-0.1, -0.05) is 42.4 Å². The fraction of sp³-hybridized carbons (Fsp3) is 0.250. The maximum Gasteiger partial charge on any atom is 0.297 e. The quantitative estimate of drug-likeness (QED) is 0.489. The lowest BCUT2D eigenvalue weighted by atomic mass is 10.1. The molecule has 0 aliphatic rings. The van der Waals surface area contributed by atoms with E-state index in [2.05, 4.69) is 15.6 Å².